The predicted molar refractivity (Wildman–Crippen MR) is 78.0 cm³/mol. The van der Waals surface area contributed by atoms with Crippen LogP contribution in [0.15, 0.2) is 36.0 Å². The molecule has 0 unspecified atom stereocenters. The van der Waals surface area contributed by atoms with Crippen molar-refractivity contribution in [1.82, 2.24) is 9.55 Å². The molecule has 9 heteroatoms. The quantitative estimate of drug-likeness (QED) is 0.729. The van der Waals surface area contributed by atoms with Crippen LogP contribution in [-0.4, -0.2) is 21.6 Å². The van der Waals surface area contributed by atoms with Crippen LogP contribution in [0.3, 0.4) is 0 Å². The summed E-state index contributed by atoms with van der Waals surface area (Å²) in [7, 11) is 0. The minimum Gasteiger partial charge on any atom is -0.337 e. The minimum absolute atomic E-state index is 0.00612. The van der Waals surface area contributed by atoms with Crippen LogP contribution >= 0.6 is 11.3 Å². The zero-order valence-electron chi connectivity index (χ0n) is 11.4. The van der Waals surface area contributed by atoms with E-state index in [2.05, 4.69) is 10.3 Å². The van der Waals surface area contributed by atoms with Gasteiger partial charge in [0.1, 0.15) is 12.4 Å². The van der Waals surface area contributed by atoms with Gasteiger partial charge in [-0.2, -0.15) is 13.2 Å². The largest absolute Gasteiger partial charge is 0.406 e. The average Bonchev–Trinajstić information content (AvgIpc) is 3.06. The Morgan fingerprint density at radius 3 is 2.78 bits per heavy atom. The number of rotatable bonds is 3. The van der Waals surface area contributed by atoms with Crippen molar-refractivity contribution in [3.63, 3.8) is 0 Å². The van der Waals surface area contributed by atoms with Gasteiger partial charge in [-0.05, 0) is 18.2 Å². The molecule has 3 aromatic rings. The van der Waals surface area contributed by atoms with E-state index in [1.807, 2.05) is 0 Å². The van der Waals surface area contributed by atoms with Crippen molar-refractivity contribution in [2.75, 3.05) is 5.32 Å². The second-order valence-corrected chi connectivity index (χ2v) is 5.63. The molecule has 1 N–H and O–H groups in total. The first-order chi connectivity index (χ1) is 10.8. The van der Waals surface area contributed by atoms with E-state index in [1.165, 1.54) is 23.6 Å². The Hall–Kier alpha value is -2.42. The van der Waals surface area contributed by atoms with Gasteiger partial charge in [-0.1, -0.05) is 0 Å². The van der Waals surface area contributed by atoms with Crippen LogP contribution in [-0.2, 0) is 6.54 Å². The molecule has 0 aliphatic heterocycles. The van der Waals surface area contributed by atoms with E-state index < -0.39 is 24.4 Å². The Bertz CT molecular complexity index is 855. The number of hydrogen-bond donors (Lipinski definition) is 1. The molecule has 1 amide bonds. The molecule has 0 aliphatic rings. The summed E-state index contributed by atoms with van der Waals surface area (Å²) in [6.45, 7) is -1.31. The fourth-order valence-corrected chi connectivity index (χ4v) is 2.74. The summed E-state index contributed by atoms with van der Waals surface area (Å²) in [5.41, 5.74) is 0.0334. The maximum atomic E-state index is 13.4. The minimum atomic E-state index is -4.48. The number of benzene rings is 1. The summed E-state index contributed by atoms with van der Waals surface area (Å²) in [6.07, 6.45) is -1.93. The lowest BCUT2D eigenvalue weighted by Gasteiger charge is -2.08. The van der Waals surface area contributed by atoms with Crippen LogP contribution in [0.25, 0.3) is 10.9 Å². The molecule has 0 spiro atoms. The van der Waals surface area contributed by atoms with E-state index in [0.29, 0.717) is 5.13 Å². The molecule has 0 fully saturated rings. The molecule has 0 atom stereocenters. The third-order valence-electron chi connectivity index (χ3n) is 3.09. The molecular weight excluding hydrogens is 334 g/mol. The fraction of sp³-hybridized carbons (Fsp3) is 0.143. The van der Waals surface area contributed by atoms with Gasteiger partial charge in [0.2, 0.25) is 0 Å². The number of anilines is 1. The number of nitrogens with zero attached hydrogens (tertiary/aromatic N) is 2. The monoisotopic (exact) mass is 343 g/mol. The normalized spacial score (nSPS) is 11.8. The summed E-state index contributed by atoms with van der Waals surface area (Å²) < 4.78 is 52.2. The molecule has 0 bridgehead atoms. The number of carbonyl (C=O) groups is 1. The first kappa shape index (κ1) is 15.5. The van der Waals surface area contributed by atoms with Crippen LogP contribution < -0.4 is 5.32 Å². The molecule has 1 aromatic carbocycles. The molecule has 4 nitrogen and oxygen atoms in total. The van der Waals surface area contributed by atoms with Crippen molar-refractivity contribution < 1.29 is 22.4 Å². The highest BCUT2D eigenvalue weighted by molar-refractivity contribution is 7.13. The molecule has 2 heterocycles. The highest BCUT2D eigenvalue weighted by Gasteiger charge is 2.29. The van der Waals surface area contributed by atoms with Gasteiger partial charge in [0.25, 0.3) is 5.91 Å². The summed E-state index contributed by atoms with van der Waals surface area (Å²) >= 11 is 1.18. The number of hydrogen-bond acceptors (Lipinski definition) is 3. The topological polar surface area (TPSA) is 46.9 Å². The predicted octanol–water partition coefficient (Wildman–Crippen LogP) is 4.05. The second-order valence-electron chi connectivity index (χ2n) is 4.74. The maximum absolute atomic E-state index is 13.4. The lowest BCUT2D eigenvalue weighted by Crippen LogP contribution is -2.17. The molecule has 2 aromatic heterocycles. The molecule has 0 saturated heterocycles. The van der Waals surface area contributed by atoms with Gasteiger partial charge in [0.15, 0.2) is 5.13 Å². The lowest BCUT2D eigenvalue weighted by molar-refractivity contribution is -0.139. The first-order valence-electron chi connectivity index (χ1n) is 6.39. The van der Waals surface area contributed by atoms with E-state index in [1.54, 1.807) is 5.38 Å². The Morgan fingerprint density at radius 2 is 2.13 bits per heavy atom. The molecule has 0 radical (unpaired) electrons. The third kappa shape index (κ3) is 3.34. The van der Waals surface area contributed by atoms with Crippen LogP contribution in [0.4, 0.5) is 22.7 Å². The number of alkyl halides is 3. The zero-order valence-corrected chi connectivity index (χ0v) is 12.2. The van der Waals surface area contributed by atoms with Crippen LogP contribution in [0, 0.1) is 5.82 Å². The summed E-state index contributed by atoms with van der Waals surface area (Å²) in [4.78, 5) is 16.1. The number of amides is 1. The van der Waals surface area contributed by atoms with Gasteiger partial charge in [-0.25, -0.2) is 9.37 Å². The summed E-state index contributed by atoms with van der Waals surface area (Å²) in [6, 6.07) is 3.36. The van der Waals surface area contributed by atoms with Crippen molar-refractivity contribution in [3.05, 3.63) is 47.4 Å². The standard InChI is InChI=1S/C14H9F4N3OS/c15-8-1-2-9-10(12(22)20-13-19-3-4-23-13)6-21(11(9)5-8)7-14(16,17)18/h1-6H,7H2,(H,19,20,22). The smallest absolute Gasteiger partial charge is 0.337 e. The van der Waals surface area contributed by atoms with Crippen molar-refractivity contribution in [2.45, 2.75) is 12.7 Å². The van der Waals surface area contributed by atoms with Crippen LogP contribution in [0.5, 0.6) is 0 Å². The third-order valence-corrected chi connectivity index (χ3v) is 3.78. The molecular formula is C14H9F4N3OS. The van der Waals surface area contributed by atoms with Gasteiger partial charge >= 0.3 is 6.18 Å². The number of halogens is 4. The summed E-state index contributed by atoms with van der Waals surface area (Å²) in [5.74, 6) is -1.27. The molecule has 0 aliphatic carbocycles. The van der Waals surface area contributed by atoms with E-state index in [4.69, 9.17) is 0 Å². The fourth-order valence-electron chi connectivity index (χ4n) is 2.22. The van der Waals surface area contributed by atoms with Crippen molar-refractivity contribution in [1.29, 1.82) is 0 Å². The number of aromatic nitrogens is 2. The van der Waals surface area contributed by atoms with Gasteiger partial charge in [-0.3, -0.25) is 10.1 Å². The Morgan fingerprint density at radius 1 is 1.35 bits per heavy atom. The SMILES string of the molecule is O=C(Nc1nccs1)c1cn(CC(F)(F)F)c2cc(F)ccc12. The molecule has 3 rings (SSSR count). The second kappa shape index (κ2) is 5.65. The van der Waals surface area contributed by atoms with Gasteiger partial charge in [-0.15, -0.1) is 11.3 Å². The number of thiazole rings is 1. The lowest BCUT2D eigenvalue weighted by atomic mass is 10.1. The zero-order chi connectivity index (χ0) is 16.6. The Labute approximate surface area is 131 Å². The Kier molecular flexibility index (Phi) is 3.80. The van der Waals surface area contributed by atoms with E-state index in [-0.39, 0.29) is 16.5 Å². The van der Waals surface area contributed by atoms with E-state index >= 15 is 0 Å². The van der Waals surface area contributed by atoms with E-state index in [0.717, 1.165) is 22.9 Å². The van der Waals surface area contributed by atoms with Crippen molar-refractivity contribution in [3.8, 4) is 0 Å². The first-order valence-corrected chi connectivity index (χ1v) is 7.27. The summed E-state index contributed by atoms with van der Waals surface area (Å²) in [5, 5.41) is 4.72. The molecule has 120 valence electrons. The maximum Gasteiger partial charge on any atom is 0.406 e. The van der Waals surface area contributed by atoms with Crippen molar-refractivity contribution >= 4 is 33.3 Å². The van der Waals surface area contributed by atoms with Gasteiger partial charge in [0, 0.05) is 23.2 Å². The molecule has 0 saturated carbocycles. The van der Waals surface area contributed by atoms with Crippen LogP contribution in [0.1, 0.15) is 10.4 Å². The van der Waals surface area contributed by atoms with Gasteiger partial charge in [0.05, 0.1) is 11.1 Å². The number of nitrogens with one attached hydrogen (secondary N) is 1. The Balaban J connectivity index is 2.04. The van der Waals surface area contributed by atoms with E-state index in [9.17, 15) is 22.4 Å². The van der Waals surface area contributed by atoms with Crippen molar-refractivity contribution in [2.24, 2.45) is 0 Å². The highest BCUT2D eigenvalue weighted by Crippen LogP contribution is 2.27. The van der Waals surface area contributed by atoms with Gasteiger partial charge < -0.3 is 4.57 Å². The van der Waals surface area contributed by atoms with Crippen LogP contribution in [0.2, 0.25) is 0 Å². The number of fused-ring (bicyclic) bond motifs is 1. The highest BCUT2D eigenvalue weighted by atomic mass is 32.1. The number of carbonyl (C=O) groups excluding carboxylic acids is 1. The average molecular weight is 343 g/mol. The molecule has 23 heavy (non-hydrogen) atoms.